The molecule has 0 aromatic rings. The van der Waals surface area contributed by atoms with Gasteiger partial charge in [0.05, 0.1) is 0 Å². The molecule has 2 fully saturated rings. The van der Waals surface area contributed by atoms with Crippen LogP contribution in [-0.2, 0) is 0 Å². The van der Waals surface area contributed by atoms with E-state index in [-0.39, 0.29) is 0 Å². The molecule has 0 aromatic heterocycles. The highest BCUT2D eigenvalue weighted by atomic mass is 32.2. The number of thioether (sulfide) groups is 1. The fourth-order valence-electron chi connectivity index (χ4n) is 2.55. The Morgan fingerprint density at radius 2 is 2.27 bits per heavy atom. The number of nitrogens with one attached hydrogen (secondary N) is 1. The van der Waals surface area contributed by atoms with Gasteiger partial charge in [-0.3, -0.25) is 4.90 Å². The summed E-state index contributed by atoms with van der Waals surface area (Å²) in [6.45, 7) is 7.33. The Hall–Kier alpha value is 0.270. The van der Waals surface area contributed by atoms with Gasteiger partial charge in [0.2, 0.25) is 0 Å². The van der Waals surface area contributed by atoms with E-state index in [0.29, 0.717) is 4.75 Å². The fourth-order valence-corrected chi connectivity index (χ4v) is 3.38. The predicted molar refractivity (Wildman–Crippen MR) is 68.6 cm³/mol. The van der Waals surface area contributed by atoms with Crippen molar-refractivity contribution in [1.82, 2.24) is 10.2 Å². The van der Waals surface area contributed by atoms with Crippen LogP contribution in [0.2, 0.25) is 0 Å². The highest BCUT2D eigenvalue weighted by Gasteiger charge is 2.43. The number of hydrogen-bond donors (Lipinski definition) is 1. The molecule has 1 N–H and O–H groups in total. The van der Waals surface area contributed by atoms with Crippen LogP contribution in [0.3, 0.4) is 0 Å². The molecule has 15 heavy (non-hydrogen) atoms. The first kappa shape index (κ1) is 11.7. The minimum Gasteiger partial charge on any atom is -0.311 e. The van der Waals surface area contributed by atoms with Gasteiger partial charge >= 0.3 is 0 Å². The molecule has 0 bridgehead atoms. The van der Waals surface area contributed by atoms with Crippen LogP contribution in [0.15, 0.2) is 0 Å². The molecule has 3 heteroatoms. The van der Waals surface area contributed by atoms with E-state index in [1.807, 2.05) is 0 Å². The fraction of sp³-hybridized carbons (Fsp3) is 1.00. The summed E-state index contributed by atoms with van der Waals surface area (Å²) < 4.78 is 0.647. The maximum Gasteiger partial charge on any atom is 0.0285 e. The zero-order chi connectivity index (χ0) is 10.7. The monoisotopic (exact) mass is 228 g/mol. The highest BCUT2D eigenvalue weighted by molar-refractivity contribution is 8.00. The van der Waals surface area contributed by atoms with E-state index in [4.69, 9.17) is 0 Å². The second-order valence-corrected chi connectivity index (χ2v) is 6.34. The van der Waals surface area contributed by atoms with Crippen molar-refractivity contribution in [1.29, 1.82) is 0 Å². The van der Waals surface area contributed by atoms with Crippen molar-refractivity contribution in [2.75, 3.05) is 32.4 Å². The lowest BCUT2D eigenvalue weighted by Gasteiger charge is -2.35. The van der Waals surface area contributed by atoms with Gasteiger partial charge in [-0.15, -0.1) is 0 Å². The summed E-state index contributed by atoms with van der Waals surface area (Å²) in [6, 6.07) is 0.751. The topological polar surface area (TPSA) is 15.3 Å². The van der Waals surface area contributed by atoms with E-state index in [1.54, 1.807) is 0 Å². The summed E-state index contributed by atoms with van der Waals surface area (Å²) >= 11 is 2.08. The second-order valence-electron chi connectivity index (χ2n) is 5.06. The van der Waals surface area contributed by atoms with Gasteiger partial charge in [0.25, 0.3) is 0 Å². The molecule has 1 atom stereocenters. The minimum absolute atomic E-state index is 0.647. The van der Waals surface area contributed by atoms with Crippen molar-refractivity contribution in [3.05, 3.63) is 0 Å². The number of hydrogen-bond acceptors (Lipinski definition) is 3. The van der Waals surface area contributed by atoms with E-state index < -0.39 is 0 Å². The Morgan fingerprint density at radius 1 is 1.47 bits per heavy atom. The lowest BCUT2D eigenvalue weighted by molar-refractivity contribution is 0.192. The summed E-state index contributed by atoms with van der Waals surface area (Å²) in [7, 11) is 0. The first-order valence-corrected chi connectivity index (χ1v) is 7.51. The third-order valence-corrected chi connectivity index (χ3v) is 5.13. The lowest BCUT2D eigenvalue weighted by Crippen LogP contribution is -2.52. The molecule has 2 nitrogen and oxygen atoms in total. The van der Waals surface area contributed by atoms with Crippen LogP contribution in [-0.4, -0.2) is 48.1 Å². The lowest BCUT2D eigenvalue weighted by atomic mass is 10.1. The number of rotatable bonds is 5. The Morgan fingerprint density at radius 3 is 2.87 bits per heavy atom. The molecule has 1 aliphatic heterocycles. The van der Waals surface area contributed by atoms with Gasteiger partial charge < -0.3 is 5.32 Å². The Kier molecular flexibility index (Phi) is 3.97. The van der Waals surface area contributed by atoms with Gasteiger partial charge in [0, 0.05) is 37.0 Å². The van der Waals surface area contributed by atoms with E-state index in [1.165, 1.54) is 51.9 Å². The van der Waals surface area contributed by atoms with Gasteiger partial charge in [-0.1, -0.05) is 13.3 Å². The Labute approximate surface area is 98.2 Å². The standard InChI is InChI=1S/C12H24N2S/c1-3-4-11-9-14(8-7-13-11)10-12(15-2)5-6-12/h11,13H,3-10H2,1-2H3. The van der Waals surface area contributed by atoms with Crippen LogP contribution in [0.1, 0.15) is 32.6 Å². The van der Waals surface area contributed by atoms with E-state index >= 15 is 0 Å². The summed E-state index contributed by atoms with van der Waals surface area (Å²) in [6.07, 6.45) is 7.80. The molecule has 2 aliphatic rings. The van der Waals surface area contributed by atoms with Crippen LogP contribution >= 0.6 is 11.8 Å². The first-order valence-electron chi connectivity index (χ1n) is 6.29. The highest BCUT2D eigenvalue weighted by Crippen LogP contribution is 2.47. The average molecular weight is 228 g/mol. The molecule has 2 rings (SSSR count). The van der Waals surface area contributed by atoms with Crippen molar-refractivity contribution in [3.8, 4) is 0 Å². The molecule has 0 amide bonds. The van der Waals surface area contributed by atoms with Crippen molar-refractivity contribution < 1.29 is 0 Å². The van der Waals surface area contributed by atoms with Gasteiger partial charge in [0.1, 0.15) is 0 Å². The van der Waals surface area contributed by atoms with Crippen LogP contribution in [0.25, 0.3) is 0 Å². The quantitative estimate of drug-likeness (QED) is 0.774. The van der Waals surface area contributed by atoms with Gasteiger partial charge in [0.15, 0.2) is 0 Å². The van der Waals surface area contributed by atoms with Crippen molar-refractivity contribution in [3.63, 3.8) is 0 Å². The Bertz CT molecular complexity index is 202. The molecule has 88 valence electrons. The molecule has 1 unspecified atom stereocenters. The zero-order valence-corrected chi connectivity index (χ0v) is 10.9. The molecule has 0 aromatic carbocycles. The van der Waals surface area contributed by atoms with E-state index in [9.17, 15) is 0 Å². The average Bonchev–Trinajstić information content (AvgIpc) is 3.00. The molecule has 1 saturated carbocycles. The van der Waals surface area contributed by atoms with Crippen molar-refractivity contribution in [2.24, 2.45) is 0 Å². The molecule has 0 radical (unpaired) electrons. The minimum atomic E-state index is 0.647. The van der Waals surface area contributed by atoms with Crippen LogP contribution in [0, 0.1) is 0 Å². The summed E-state index contributed by atoms with van der Waals surface area (Å²) in [5, 5.41) is 3.63. The third-order valence-electron chi connectivity index (χ3n) is 3.73. The predicted octanol–water partition coefficient (Wildman–Crippen LogP) is 1.96. The molecular weight excluding hydrogens is 204 g/mol. The zero-order valence-electron chi connectivity index (χ0n) is 10.1. The van der Waals surface area contributed by atoms with E-state index in [2.05, 4.69) is 35.2 Å². The molecule has 1 heterocycles. The van der Waals surface area contributed by atoms with Crippen LogP contribution < -0.4 is 5.32 Å². The van der Waals surface area contributed by atoms with E-state index in [0.717, 1.165) is 6.04 Å². The molecular formula is C12H24N2S. The maximum atomic E-state index is 3.63. The summed E-state index contributed by atoms with van der Waals surface area (Å²) in [4.78, 5) is 2.68. The van der Waals surface area contributed by atoms with Crippen molar-refractivity contribution in [2.45, 2.75) is 43.4 Å². The van der Waals surface area contributed by atoms with Crippen molar-refractivity contribution >= 4 is 11.8 Å². The number of piperazine rings is 1. The summed E-state index contributed by atoms with van der Waals surface area (Å²) in [5.41, 5.74) is 0. The first-order chi connectivity index (χ1) is 7.28. The maximum absolute atomic E-state index is 3.63. The van der Waals surface area contributed by atoms with Crippen LogP contribution in [0.4, 0.5) is 0 Å². The van der Waals surface area contributed by atoms with Gasteiger partial charge in [-0.25, -0.2) is 0 Å². The molecule has 0 spiro atoms. The second kappa shape index (κ2) is 5.07. The largest absolute Gasteiger partial charge is 0.311 e. The SMILES string of the molecule is CCCC1CN(CC2(SC)CC2)CCN1. The van der Waals surface area contributed by atoms with Gasteiger partial charge in [-0.05, 0) is 25.5 Å². The number of nitrogens with zero attached hydrogens (tertiary/aromatic N) is 1. The smallest absolute Gasteiger partial charge is 0.0285 e. The third kappa shape index (κ3) is 3.11. The van der Waals surface area contributed by atoms with Gasteiger partial charge in [-0.2, -0.15) is 11.8 Å². The summed E-state index contributed by atoms with van der Waals surface area (Å²) in [5.74, 6) is 0. The van der Waals surface area contributed by atoms with Crippen LogP contribution in [0.5, 0.6) is 0 Å². The molecule has 1 saturated heterocycles. The molecule has 1 aliphatic carbocycles. The normalized spacial score (nSPS) is 30.4. The Balaban J connectivity index is 1.77.